The molecule has 1 unspecified atom stereocenters. The van der Waals surface area contributed by atoms with Crippen LogP contribution in [-0.4, -0.2) is 53.8 Å². The van der Waals surface area contributed by atoms with Crippen molar-refractivity contribution in [2.24, 2.45) is 0 Å². The summed E-state index contributed by atoms with van der Waals surface area (Å²) in [6, 6.07) is 3.97. The number of ether oxygens (including phenoxy) is 1. The normalized spacial score (nSPS) is 11.8. The smallest absolute Gasteiger partial charge is 0.328 e. The lowest BCUT2D eigenvalue weighted by Gasteiger charge is -2.20. The molecule has 0 bridgehead atoms. The van der Waals surface area contributed by atoms with Crippen LogP contribution in [0.5, 0.6) is 0 Å². The standard InChI is InChI=1S/C13H19N3O4/c1-9-5-4-6-10(14-9)7-16(2)13(19)15-11(8-20-3)12(17)18/h4-6,11H,7-8H2,1-3H3,(H,15,19)(H,17,18). The SMILES string of the molecule is COCC(NC(=O)N(C)Cc1cccc(C)n1)C(=O)O. The topological polar surface area (TPSA) is 91.8 Å². The van der Waals surface area contributed by atoms with E-state index >= 15 is 0 Å². The van der Waals surface area contributed by atoms with Gasteiger partial charge in [-0.1, -0.05) is 6.07 Å². The molecular formula is C13H19N3O4. The number of urea groups is 1. The first-order chi connectivity index (χ1) is 9.43. The van der Waals surface area contributed by atoms with Crippen molar-refractivity contribution in [3.05, 3.63) is 29.6 Å². The molecule has 0 aliphatic carbocycles. The predicted octanol–water partition coefficient (Wildman–Crippen LogP) is 0.631. The molecule has 0 aliphatic rings. The summed E-state index contributed by atoms with van der Waals surface area (Å²) >= 11 is 0. The molecule has 1 atom stereocenters. The molecule has 0 saturated heterocycles. The zero-order valence-corrected chi connectivity index (χ0v) is 11.8. The van der Waals surface area contributed by atoms with Gasteiger partial charge in [-0.15, -0.1) is 0 Å². The van der Waals surface area contributed by atoms with Crippen LogP contribution in [0, 0.1) is 6.92 Å². The number of pyridine rings is 1. The number of hydrogen-bond acceptors (Lipinski definition) is 4. The molecule has 2 N–H and O–H groups in total. The van der Waals surface area contributed by atoms with E-state index in [0.717, 1.165) is 11.4 Å². The number of nitrogens with zero attached hydrogens (tertiary/aromatic N) is 2. The van der Waals surface area contributed by atoms with Gasteiger partial charge >= 0.3 is 12.0 Å². The van der Waals surface area contributed by atoms with Gasteiger partial charge in [0.1, 0.15) is 0 Å². The number of amides is 2. The van der Waals surface area contributed by atoms with E-state index in [1.165, 1.54) is 12.0 Å². The Kier molecular flexibility index (Phi) is 5.92. The molecule has 1 aromatic heterocycles. The first-order valence-corrected chi connectivity index (χ1v) is 6.10. The summed E-state index contributed by atoms with van der Waals surface area (Å²) in [4.78, 5) is 28.5. The third-order valence-corrected chi connectivity index (χ3v) is 2.62. The third kappa shape index (κ3) is 4.85. The molecule has 7 heteroatoms. The highest BCUT2D eigenvalue weighted by Crippen LogP contribution is 2.02. The quantitative estimate of drug-likeness (QED) is 0.798. The fourth-order valence-electron chi connectivity index (χ4n) is 1.60. The van der Waals surface area contributed by atoms with Gasteiger partial charge in [0.05, 0.1) is 18.8 Å². The number of nitrogens with one attached hydrogen (secondary N) is 1. The molecule has 0 saturated carbocycles. The lowest BCUT2D eigenvalue weighted by Crippen LogP contribution is -2.48. The number of aliphatic carboxylic acids is 1. The maximum Gasteiger partial charge on any atom is 0.328 e. The Bertz CT molecular complexity index is 478. The fourth-order valence-corrected chi connectivity index (χ4v) is 1.60. The minimum atomic E-state index is -1.14. The van der Waals surface area contributed by atoms with Crippen LogP contribution in [0.4, 0.5) is 4.79 Å². The monoisotopic (exact) mass is 281 g/mol. The number of aromatic nitrogens is 1. The Morgan fingerprint density at radius 1 is 1.50 bits per heavy atom. The third-order valence-electron chi connectivity index (χ3n) is 2.62. The number of carboxylic acid groups (broad SMARTS) is 1. The van der Waals surface area contributed by atoms with Crippen molar-refractivity contribution < 1.29 is 19.4 Å². The lowest BCUT2D eigenvalue weighted by molar-refractivity contribution is -0.140. The van der Waals surface area contributed by atoms with Crippen molar-refractivity contribution in [3.8, 4) is 0 Å². The van der Waals surface area contributed by atoms with Gasteiger partial charge in [-0.2, -0.15) is 0 Å². The van der Waals surface area contributed by atoms with E-state index in [2.05, 4.69) is 10.3 Å². The van der Waals surface area contributed by atoms with Gasteiger partial charge in [0, 0.05) is 19.9 Å². The number of methoxy groups -OCH3 is 1. The zero-order valence-electron chi connectivity index (χ0n) is 11.8. The van der Waals surface area contributed by atoms with E-state index < -0.39 is 18.0 Å². The first-order valence-electron chi connectivity index (χ1n) is 6.10. The van der Waals surface area contributed by atoms with Crippen LogP contribution < -0.4 is 5.32 Å². The number of carbonyl (C=O) groups excluding carboxylic acids is 1. The molecule has 0 aliphatic heterocycles. The van der Waals surface area contributed by atoms with E-state index in [-0.39, 0.29) is 6.61 Å². The fraction of sp³-hybridized carbons (Fsp3) is 0.462. The molecule has 7 nitrogen and oxygen atoms in total. The number of carboxylic acids is 1. The summed E-state index contributed by atoms with van der Waals surface area (Å²) in [5.41, 5.74) is 1.60. The van der Waals surface area contributed by atoms with Crippen LogP contribution in [0.1, 0.15) is 11.4 Å². The molecule has 0 fully saturated rings. The summed E-state index contributed by atoms with van der Waals surface area (Å²) < 4.78 is 4.75. The second-order valence-electron chi connectivity index (χ2n) is 4.42. The average molecular weight is 281 g/mol. The van der Waals surface area contributed by atoms with Gasteiger partial charge < -0.3 is 20.1 Å². The summed E-state index contributed by atoms with van der Waals surface area (Å²) in [6.07, 6.45) is 0. The first kappa shape index (κ1) is 15.9. The molecule has 0 spiro atoms. The van der Waals surface area contributed by atoms with E-state index in [4.69, 9.17) is 9.84 Å². The average Bonchev–Trinajstić information content (AvgIpc) is 2.37. The molecule has 1 rings (SSSR count). The van der Waals surface area contributed by atoms with Gasteiger partial charge in [0.15, 0.2) is 6.04 Å². The number of rotatable bonds is 6. The number of aryl methyl sites for hydroxylation is 1. The van der Waals surface area contributed by atoms with E-state index in [9.17, 15) is 9.59 Å². The Hall–Kier alpha value is -2.15. The maximum atomic E-state index is 11.9. The molecule has 110 valence electrons. The van der Waals surface area contributed by atoms with E-state index in [1.807, 2.05) is 19.1 Å². The van der Waals surface area contributed by atoms with Crippen LogP contribution in [0.2, 0.25) is 0 Å². The molecule has 20 heavy (non-hydrogen) atoms. The molecule has 0 radical (unpaired) electrons. The van der Waals surface area contributed by atoms with Gasteiger partial charge in [-0.25, -0.2) is 9.59 Å². The van der Waals surface area contributed by atoms with Crippen molar-refractivity contribution in [3.63, 3.8) is 0 Å². The van der Waals surface area contributed by atoms with Crippen LogP contribution in [0.15, 0.2) is 18.2 Å². The van der Waals surface area contributed by atoms with Crippen LogP contribution in [-0.2, 0) is 16.1 Å². The Morgan fingerprint density at radius 3 is 2.75 bits per heavy atom. The largest absolute Gasteiger partial charge is 0.480 e. The minimum Gasteiger partial charge on any atom is -0.480 e. The highest BCUT2D eigenvalue weighted by molar-refractivity contribution is 5.82. The summed E-state index contributed by atoms with van der Waals surface area (Å²) in [5.74, 6) is -1.14. The molecular weight excluding hydrogens is 262 g/mol. The van der Waals surface area contributed by atoms with Crippen molar-refractivity contribution in [1.29, 1.82) is 0 Å². The Morgan fingerprint density at radius 2 is 2.20 bits per heavy atom. The van der Waals surface area contributed by atoms with E-state index in [0.29, 0.717) is 6.54 Å². The zero-order chi connectivity index (χ0) is 15.1. The van der Waals surface area contributed by atoms with Gasteiger partial charge in [0.25, 0.3) is 0 Å². The Labute approximate surface area is 117 Å². The molecule has 0 aromatic carbocycles. The highest BCUT2D eigenvalue weighted by Gasteiger charge is 2.21. The number of hydrogen-bond donors (Lipinski definition) is 2. The number of carbonyl (C=O) groups is 2. The summed E-state index contributed by atoms with van der Waals surface area (Å²) in [7, 11) is 2.95. The second kappa shape index (κ2) is 7.44. The summed E-state index contributed by atoms with van der Waals surface area (Å²) in [5, 5.41) is 11.3. The van der Waals surface area contributed by atoms with E-state index in [1.54, 1.807) is 13.1 Å². The summed E-state index contributed by atoms with van der Waals surface area (Å²) in [6.45, 7) is 2.08. The van der Waals surface area contributed by atoms with Crippen molar-refractivity contribution in [2.45, 2.75) is 19.5 Å². The van der Waals surface area contributed by atoms with Crippen molar-refractivity contribution in [1.82, 2.24) is 15.2 Å². The molecule has 1 aromatic rings. The van der Waals surface area contributed by atoms with Gasteiger partial charge in [0.2, 0.25) is 0 Å². The Balaban J connectivity index is 2.60. The van der Waals surface area contributed by atoms with Crippen LogP contribution in [0.25, 0.3) is 0 Å². The van der Waals surface area contributed by atoms with Gasteiger partial charge in [-0.3, -0.25) is 4.98 Å². The van der Waals surface area contributed by atoms with Crippen LogP contribution >= 0.6 is 0 Å². The maximum absolute atomic E-state index is 11.9. The van der Waals surface area contributed by atoms with Crippen LogP contribution in [0.3, 0.4) is 0 Å². The highest BCUT2D eigenvalue weighted by atomic mass is 16.5. The second-order valence-corrected chi connectivity index (χ2v) is 4.42. The minimum absolute atomic E-state index is 0.0857. The molecule has 2 amide bonds. The van der Waals surface area contributed by atoms with Gasteiger partial charge in [-0.05, 0) is 19.1 Å². The molecule has 1 heterocycles. The van der Waals surface area contributed by atoms with Crippen molar-refractivity contribution >= 4 is 12.0 Å². The predicted molar refractivity (Wildman–Crippen MR) is 72.3 cm³/mol. The van der Waals surface area contributed by atoms with Crippen molar-refractivity contribution in [2.75, 3.05) is 20.8 Å². The lowest BCUT2D eigenvalue weighted by atomic mass is 10.3.